The summed E-state index contributed by atoms with van der Waals surface area (Å²) in [6, 6.07) is 4.35. The van der Waals surface area contributed by atoms with Gasteiger partial charge in [-0.05, 0) is 24.3 Å². The van der Waals surface area contributed by atoms with E-state index in [4.69, 9.17) is 5.11 Å². The van der Waals surface area contributed by atoms with Crippen LogP contribution in [-0.4, -0.2) is 17.1 Å². The maximum atomic E-state index is 12.6. The fourth-order valence-electron chi connectivity index (χ4n) is 1.03. The van der Waals surface area contributed by atoms with Crippen LogP contribution < -0.4 is 0 Å². The summed E-state index contributed by atoms with van der Waals surface area (Å²) in [5, 5.41) is 15.2. The van der Waals surface area contributed by atoms with Crippen LogP contribution in [0.3, 0.4) is 0 Å². The Labute approximate surface area is 105 Å². The largest absolute Gasteiger partial charge is 0.503 e. The van der Waals surface area contributed by atoms with Gasteiger partial charge in [0.15, 0.2) is 11.5 Å². The Morgan fingerprint density at radius 1 is 1.21 bits per heavy atom. The van der Waals surface area contributed by atoms with Gasteiger partial charge in [0.2, 0.25) is 5.76 Å². The van der Waals surface area contributed by atoms with Crippen molar-refractivity contribution in [2.75, 3.05) is 0 Å². The molecule has 1 aromatic rings. The van der Waals surface area contributed by atoms with E-state index in [2.05, 4.69) is 10.2 Å². The van der Waals surface area contributed by atoms with Crippen LogP contribution >= 0.6 is 0 Å². The third kappa shape index (κ3) is 4.16. The number of aliphatic hydroxyl groups excluding tert-OH is 1. The van der Waals surface area contributed by atoms with Gasteiger partial charge in [0.05, 0.1) is 5.69 Å². The number of aliphatic hydroxyl groups is 1. The highest BCUT2D eigenvalue weighted by Gasteiger charge is 2.38. The Balaban J connectivity index is 3.11. The fourth-order valence-corrected chi connectivity index (χ4v) is 1.03. The van der Waals surface area contributed by atoms with Gasteiger partial charge >= 0.3 is 6.18 Å². The summed E-state index contributed by atoms with van der Waals surface area (Å²) in [6.45, 7) is 0.807. The summed E-state index contributed by atoms with van der Waals surface area (Å²) >= 11 is 0. The van der Waals surface area contributed by atoms with Gasteiger partial charge in [-0.1, -0.05) is 0 Å². The first kappa shape index (κ1) is 14.8. The third-order valence-electron chi connectivity index (χ3n) is 1.92. The van der Waals surface area contributed by atoms with Crippen molar-refractivity contribution in [3.63, 3.8) is 0 Å². The Morgan fingerprint density at radius 2 is 1.74 bits per heavy atom. The number of alkyl halides is 3. The van der Waals surface area contributed by atoms with Crippen molar-refractivity contribution in [3.05, 3.63) is 41.5 Å². The van der Waals surface area contributed by atoms with Gasteiger partial charge in [0, 0.05) is 6.92 Å². The molecule has 8 heteroatoms. The van der Waals surface area contributed by atoms with Crippen molar-refractivity contribution in [3.8, 4) is 0 Å². The number of carbonyl (C=O) groups excluding carboxylic acids is 1. The lowest BCUT2D eigenvalue weighted by Gasteiger charge is -2.06. The van der Waals surface area contributed by atoms with E-state index in [1.54, 1.807) is 0 Å². The predicted octanol–water partition coefficient (Wildman–Crippen LogP) is 3.83. The number of hydrogen-bond acceptors (Lipinski definition) is 4. The predicted molar refractivity (Wildman–Crippen MR) is 57.3 cm³/mol. The lowest BCUT2D eigenvalue weighted by Crippen LogP contribution is -2.16. The molecule has 0 aliphatic rings. The highest BCUT2D eigenvalue weighted by atomic mass is 19.4. The number of hydrogen-bond donors (Lipinski definition) is 1. The van der Waals surface area contributed by atoms with Crippen molar-refractivity contribution in [2.45, 2.75) is 13.1 Å². The van der Waals surface area contributed by atoms with Gasteiger partial charge in [0.1, 0.15) is 5.82 Å². The molecule has 0 amide bonds. The first-order chi connectivity index (χ1) is 8.71. The minimum atomic E-state index is -5.09. The topological polar surface area (TPSA) is 62.0 Å². The summed E-state index contributed by atoms with van der Waals surface area (Å²) in [7, 11) is 0. The summed E-state index contributed by atoms with van der Waals surface area (Å²) in [5.41, 5.74) is -1.17. The molecule has 0 fully saturated rings. The molecule has 4 nitrogen and oxygen atoms in total. The Kier molecular flexibility index (Phi) is 4.36. The van der Waals surface area contributed by atoms with Crippen LogP contribution in [0.4, 0.5) is 23.2 Å². The quantitative estimate of drug-likeness (QED) is 0.394. The van der Waals surface area contributed by atoms with Gasteiger partial charge in [-0.15, -0.1) is 5.11 Å². The molecule has 0 spiro atoms. The molecule has 0 aromatic heterocycles. The average molecular weight is 276 g/mol. The minimum Gasteiger partial charge on any atom is -0.503 e. The Hall–Kier alpha value is -2.25. The van der Waals surface area contributed by atoms with Crippen molar-refractivity contribution in [1.82, 2.24) is 0 Å². The molecule has 0 saturated heterocycles. The van der Waals surface area contributed by atoms with Crippen molar-refractivity contribution < 1.29 is 27.5 Å². The van der Waals surface area contributed by atoms with E-state index in [-0.39, 0.29) is 5.69 Å². The van der Waals surface area contributed by atoms with Crippen LogP contribution in [-0.2, 0) is 4.79 Å². The molecule has 0 heterocycles. The number of benzene rings is 1. The van der Waals surface area contributed by atoms with Crippen molar-refractivity contribution >= 4 is 11.5 Å². The van der Waals surface area contributed by atoms with Gasteiger partial charge in [0.25, 0.3) is 0 Å². The van der Waals surface area contributed by atoms with Crippen LogP contribution in [0.15, 0.2) is 46.0 Å². The van der Waals surface area contributed by atoms with E-state index >= 15 is 0 Å². The lowest BCUT2D eigenvalue weighted by atomic mass is 10.3. The second-order valence-corrected chi connectivity index (χ2v) is 3.43. The standard InChI is InChI=1S/C11H8F4N2O2/c1-6(18)9(10(19)11(13,14)15)17-16-8-4-2-7(12)3-5-8/h2-5,19H,1H3/b10-9+,17-16?. The van der Waals surface area contributed by atoms with Crippen LogP contribution in [0.25, 0.3) is 0 Å². The number of azo groups is 1. The van der Waals surface area contributed by atoms with E-state index in [0.29, 0.717) is 0 Å². The monoisotopic (exact) mass is 276 g/mol. The summed E-state index contributed by atoms with van der Waals surface area (Å²) in [4.78, 5) is 11.0. The number of Topliss-reactive ketones (excluding diaryl/α,β-unsaturated/α-hetero) is 1. The smallest absolute Gasteiger partial charge is 0.451 e. The second-order valence-electron chi connectivity index (χ2n) is 3.43. The van der Waals surface area contributed by atoms with Gasteiger partial charge in [-0.25, -0.2) is 4.39 Å². The third-order valence-corrected chi connectivity index (χ3v) is 1.92. The van der Waals surface area contributed by atoms with E-state index in [1.165, 1.54) is 0 Å². The van der Waals surface area contributed by atoms with Crippen LogP contribution in [0.5, 0.6) is 0 Å². The molecule has 19 heavy (non-hydrogen) atoms. The number of allylic oxidation sites excluding steroid dienone is 2. The summed E-state index contributed by atoms with van der Waals surface area (Å²) < 4.78 is 49.3. The fraction of sp³-hybridized carbons (Fsp3) is 0.182. The normalized spacial score (nSPS) is 13.5. The maximum Gasteiger partial charge on any atom is 0.451 e. The number of rotatable bonds is 3. The minimum absolute atomic E-state index is 0.0372. The zero-order chi connectivity index (χ0) is 14.6. The van der Waals surface area contributed by atoms with Gasteiger partial charge < -0.3 is 5.11 Å². The van der Waals surface area contributed by atoms with E-state index in [0.717, 1.165) is 31.2 Å². The number of nitrogens with zero attached hydrogens (tertiary/aromatic N) is 2. The molecule has 1 rings (SSSR count). The molecule has 0 aliphatic heterocycles. The number of carbonyl (C=O) groups is 1. The molecule has 0 radical (unpaired) electrons. The highest BCUT2D eigenvalue weighted by Crippen LogP contribution is 2.27. The zero-order valence-corrected chi connectivity index (χ0v) is 9.57. The molecule has 102 valence electrons. The van der Waals surface area contributed by atoms with E-state index < -0.39 is 29.2 Å². The molecular weight excluding hydrogens is 268 g/mol. The molecule has 0 saturated carbocycles. The molecule has 1 N–H and O–H groups in total. The second kappa shape index (κ2) is 5.59. The van der Waals surface area contributed by atoms with Gasteiger partial charge in [-0.3, -0.25) is 4.79 Å². The van der Waals surface area contributed by atoms with Gasteiger partial charge in [-0.2, -0.15) is 18.3 Å². The van der Waals surface area contributed by atoms with E-state index in [1.807, 2.05) is 0 Å². The van der Waals surface area contributed by atoms with Crippen LogP contribution in [0.1, 0.15) is 6.92 Å². The average Bonchev–Trinajstić information content (AvgIpc) is 2.30. The molecular formula is C11H8F4N2O2. The Morgan fingerprint density at radius 3 is 2.16 bits per heavy atom. The summed E-state index contributed by atoms with van der Waals surface area (Å²) in [5.74, 6) is -3.77. The van der Waals surface area contributed by atoms with Crippen molar-refractivity contribution in [2.24, 2.45) is 10.2 Å². The number of halogens is 4. The highest BCUT2D eigenvalue weighted by molar-refractivity contribution is 5.93. The maximum absolute atomic E-state index is 12.6. The van der Waals surface area contributed by atoms with Crippen LogP contribution in [0, 0.1) is 5.82 Å². The SMILES string of the molecule is CC(=O)/C(N=Nc1ccc(F)cc1)=C(\O)C(F)(F)F. The van der Waals surface area contributed by atoms with E-state index in [9.17, 15) is 22.4 Å². The molecule has 0 aliphatic carbocycles. The molecule has 0 bridgehead atoms. The molecule has 0 unspecified atom stereocenters. The summed E-state index contributed by atoms with van der Waals surface area (Å²) in [6.07, 6.45) is -5.09. The number of ketones is 1. The zero-order valence-electron chi connectivity index (χ0n) is 9.57. The lowest BCUT2D eigenvalue weighted by molar-refractivity contribution is -0.126. The first-order valence-corrected chi connectivity index (χ1v) is 4.90. The molecule has 0 atom stereocenters. The van der Waals surface area contributed by atoms with Crippen LogP contribution in [0.2, 0.25) is 0 Å². The van der Waals surface area contributed by atoms with Crippen molar-refractivity contribution in [1.29, 1.82) is 0 Å². The Bertz CT molecular complexity index is 533. The first-order valence-electron chi connectivity index (χ1n) is 4.90. The molecule has 1 aromatic carbocycles.